The maximum Gasteiger partial charge on any atom is 0.148 e. The topological polar surface area (TPSA) is 54.7 Å². The van der Waals surface area contributed by atoms with Crippen molar-refractivity contribution in [1.29, 1.82) is 0 Å². The predicted molar refractivity (Wildman–Crippen MR) is 79.7 cm³/mol. The van der Waals surface area contributed by atoms with Crippen LogP contribution in [-0.4, -0.2) is 9.97 Å². The fourth-order valence-corrected chi connectivity index (χ4v) is 3.36. The first-order chi connectivity index (χ1) is 8.67. The molecule has 0 amide bonds. The molecule has 0 atom stereocenters. The van der Waals surface area contributed by atoms with E-state index < -0.39 is 0 Å². The Morgan fingerprint density at radius 3 is 2.89 bits per heavy atom. The third-order valence-corrected chi connectivity index (χ3v) is 5.02. The number of hydrogen-bond donors (Lipinski definition) is 2. The van der Waals surface area contributed by atoms with Gasteiger partial charge < -0.3 is 10.7 Å². The first-order valence-electron chi connectivity index (χ1n) is 5.62. The molecule has 3 rings (SSSR count). The minimum atomic E-state index is 0.550. The standard InChI is InChI=1S/C13H12BrN3S/c1-7-4-11(18-12(7)14)13-16-9-3-2-8(6-15)5-10(9)17-13/h2-5H,6,15H2,1H3,(H,16,17). The van der Waals surface area contributed by atoms with E-state index in [9.17, 15) is 0 Å². The van der Waals surface area contributed by atoms with Crippen molar-refractivity contribution in [3.63, 3.8) is 0 Å². The molecule has 5 heteroatoms. The van der Waals surface area contributed by atoms with Crippen molar-refractivity contribution in [1.82, 2.24) is 9.97 Å². The average Bonchev–Trinajstić information content (AvgIpc) is 2.92. The maximum atomic E-state index is 5.64. The third kappa shape index (κ3) is 1.98. The van der Waals surface area contributed by atoms with E-state index in [1.165, 1.54) is 5.56 Å². The normalized spacial score (nSPS) is 11.3. The Bertz CT molecular complexity index is 695. The minimum Gasteiger partial charge on any atom is -0.337 e. The Balaban J connectivity index is 2.12. The molecular formula is C13H12BrN3S. The van der Waals surface area contributed by atoms with Crippen molar-refractivity contribution >= 4 is 38.3 Å². The van der Waals surface area contributed by atoms with Gasteiger partial charge in [-0.15, -0.1) is 11.3 Å². The molecule has 3 nitrogen and oxygen atoms in total. The summed E-state index contributed by atoms with van der Waals surface area (Å²) in [6.07, 6.45) is 0. The summed E-state index contributed by atoms with van der Waals surface area (Å²) in [6.45, 7) is 2.63. The molecule has 0 spiro atoms. The summed E-state index contributed by atoms with van der Waals surface area (Å²) in [5.41, 5.74) is 10.0. The summed E-state index contributed by atoms with van der Waals surface area (Å²) in [5, 5.41) is 0. The van der Waals surface area contributed by atoms with Gasteiger partial charge in [0.25, 0.3) is 0 Å². The minimum absolute atomic E-state index is 0.550. The summed E-state index contributed by atoms with van der Waals surface area (Å²) in [6, 6.07) is 8.22. The van der Waals surface area contributed by atoms with Gasteiger partial charge in [-0.2, -0.15) is 0 Å². The molecule has 2 aromatic heterocycles. The third-order valence-electron chi connectivity index (χ3n) is 2.87. The van der Waals surface area contributed by atoms with E-state index in [2.05, 4.69) is 45.0 Å². The lowest BCUT2D eigenvalue weighted by atomic mass is 10.2. The number of nitrogens with zero attached hydrogens (tertiary/aromatic N) is 1. The first-order valence-corrected chi connectivity index (χ1v) is 7.23. The number of rotatable bonds is 2. The number of fused-ring (bicyclic) bond motifs is 1. The second-order valence-corrected chi connectivity index (χ2v) is 6.58. The van der Waals surface area contributed by atoms with Gasteiger partial charge >= 0.3 is 0 Å². The van der Waals surface area contributed by atoms with Gasteiger partial charge in [0, 0.05) is 6.54 Å². The number of imidazole rings is 1. The van der Waals surface area contributed by atoms with E-state index in [1.807, 2.05) is 12.1 Å². The second kappa shape index (κ2) is 4.50. The van der Waals surface area contributed by atoms with Crippen LogP contribution in [0.25, 0.3) is 21.7 Å². The lowest BCUT2D eigenvalue weighted by molar-refractivity contribution is 1.07. The summed E-state index contributed by atoms with van der Waals surface area (Å²) < 4.78 is 1.15. The molecule has 92 valence electrons. The zero-order valence-electron chi connectivity index (χ0n) is 9.83. The smallest absolute Gasteiger partial charge is 0.148 e. The lowest BCUT2D eigenvalue weighted by Gasteiger charge is -1.94. The average molecular weight is 322 g/mol. The number of aromatic nitrogens is 2. The van der Waals surface area contributed by atoms with Crippen molar-refractivity contribution in [2.75, 3.05) is 0 Å². The number of nitrogens with two attached hydrogens (primary N) is 1. The Hall–Kier alpha value is -1.17. The zero-order chi connectivity index (χ0) is 12.7. The van der Waals surface area contributed by atoms with Gasteiger partial charge in [-0.05, 0) is 52.2 Å². The quantitative estimate of drug-likeness (QED) is 0.753. The van der Waals surface area contributed by atoms with Crippen LogP contribution in [0.1, 0.15) is 11.1 Å². The van der Waals surface area contributed by atoms with E-state index in [0.717, 1.165) is 31.1 Å². The van der Waals surface area contributed by atoms with E-state index in [-0.39, 0.29) is 0 Å². The van der Waals surface area contributed by atoms with E-state index in [4.69, 9.17) is 5.73 Å². The maximum absolute atomic E-state index is 5.64. The fraction of sp³-hybridized carbons (Fsp3) is 0.154. The molecule has 3 N–H and O–H groups in total. The van der Waals surface area contributed by atoms with Crippen LogP contribution in [0.5, 0.6) is 0 Å². The molecule has 0 fully saturated rings. The van der Waals surface area contributed by atoms with E-state index in [1.54, 1.807) is 11.3 Å². The van der Waals surface area contributed by atoms with Gasteiger partial charge in [0.1, 0.15) is 5.82 Å². The van der Waals surface area contributed by atoms with Crippen LogP contribution >= 0.6 is 27.3 Å². The van der Waals surface area contributed by atoms with Crippen LogP contribution in [-0.2, 0) is 6.54 Å². The van der Waals surface area contributed by atoms with Crippen LogP contribution in [0.4, 0.5) is 0 Å². The number of benzene rings is 1. The molecular weight excluding hydrogens is 310 g/mol. The molecule has 0 aliphatic heterocycles. The Kier molecular flexibility index (Phi) is 2.97. The van der Waals surface area contributed by atoms with Crippen LogP contribution in [0.15, 0.2) is 28.1 Å². The van der Waals surface area contributed by atoms with Crippen LogP contribution in [0.3, 0.4) is 0 Å². The number of thiophene rings is 1. The van der Waals surface area contributed by atoms with Crippen molar-refractivity contribution in [2.45, 2.75) is 13.5 Å². The van der Waals surface area contributed by atoms with Crippen LogP contribution in [0.2, 0.25) is 0 Å². The van der Waals surface area contributed by atoms with E-state index >= 15 is 0 Å². The molecule has 0 aliphatic rings. The van der Waals surface area contributed by atoms with E-state index in [0.29, 0.717) is 6.54 Å². The van der Waals surface area contributed by atoms with Gasteiger partial charge in [0.2, 0.25) is 0 Å². The summed E-state index contributed by atoms with van der Waals surface area (Å²) in [4.78, 5) is 9.10. The van der Waals surface area contributed by atoms with Gasteiger partial charge in [0.05, 0.1) is 19.7 Å². The van der Waals surface area contributed by atoms with Crippen molar-refractivity contribution in [3.05, 3.63) is 39.2 Å². The molecule has 1 aromatic carbocycles. The summed E-state index contributed by atoms with van der Waals surface area (Å²) >= 11 is 5.23. The Morgan fingerprint density at radius 2 is 2.22 bits per heavy atom. The largest absolute Gasteiger partial charge is 0.337 e. The highest BCUT2D eigenvalue weighted by atomic mass is 79.9. The number of nitrogens with one attached hydrogen (secondary N) is 1. The summed E-state index contributed by atoms with van der Waals surface area (Å²) in [5.74, 6) is 0.915. The molecule has 0 saturated heterocycles. The summed E-state index contributed by atoms with van der Waals surface area (Å²) in [7, 11) is 0. The van der Waals surface area contributed by atoms with Gasteiger partial charge in [-0.3, -0.25) is 0 Å². The molecule has 0 aliphatic carbocycles. The monoisotopic (exact) mass is 321 g/mol. The highest BCUT2D eigenvalue weighted by Crippen LogP contribution is 2.34. The van der Waals surface area contributed by atoms with Gasteiger partial charge in [-0.25, -0.2) is 4.98 Å². The molecule has 2 heterocycles. The van der Waals surface area contributed by atoms with Crippen LogP contribution < -0.4 is 5.73 Å². The molecule has 0 bridgehead atoms. The molecule has 0 unspecified atom stereocenters. The Morgan fingerprint density at radius 1 is 1.39 bits per heavy atom. The molecule has 0 radical (unpaired) electrons. The SMILES string of the molecule is Cc1cc(-c2nc3ccc(CN)cc3[nH]2)sc1Br. The molecule has 3 aromatic rings. The highest BCUT2D eigenvalue weighted by molar-refractivity contribution is 9.11. The number of hydrogen-bond acceptors (Lipinski definition) is 3. The first kappa shape index (κ1) is 11.9. The number of halogens is 1. The lowest BCUT2D eigenvalue weighted by Crippen LogP contribution is -1.95. The fourth-order valence-electron chi connectivity index (χ4n) is 1.88. The highest BCUT2D eigenvalue weighted by Gasteiger charge is 2.10. The number of H-pyrrole nitrogens is 1. The number of aromatic amines is 1. The van der Waals surface area contributed by atoms with Crippen molar-refractivity contribution < 1.29 is 0 Å². The molecule has 18 heavy (non-hydrogen) atoms. The number of aryl methyl sites for hydroxylation is 1. The van der Waals surface area contributed by atoms with Crippen molar-refractivity contribution in [2.24, 2.45) is 5.73 Å². The second-order valence-electron chi connectivity index (χ2n) is 4.21. The Labute approximate surface area is 117 Å². The van der Waals surface area contributed by atoms with Gasteiger partial charge in [0.15, 0.2) is 0 Å². The predicted octanol–water partition coefficient (Wildman–Crippen LogP) is 3.82. The van der Waals surface area contributed by atoms with Gasteiger partial charge in [-0.1, -0.05) is 6.07 Å². The molecule has 0 saturated carbocycles. The zero-order valence-corrected chi connectivity index (χ0v) is 12.2. The van der Waals surface area contributed by atoms with Crippen LogP contribution in [0, 0.1) is 6.92 Å². The van der Waals surface area contributed by atoms with Crippen molar-refractivity contribution in [3.8, 4) is 10.7 Å².